The van der Waals surface area contributed by atoms with Crippen LogP contribution in [0.25, 0.3) is 0 Å². The molecule has 0 aliphatic carbocycles. The molecule has 1 unspecified atom stereocenters. The van der Waals surface area contributed by atoms with Gasteiger partial charge < -0.3 is 10.4 Å². The molecule has 1 heterocycles. The highest BCUT2D eigenvalue weighted by Crippen LogP contribution is 2.13. The topological polar surface area (TPSA) is 49.3 Å². The van der Waals surface area contributed by atoms with Crippen LogP contribution in [-0.4, -0.2) is 35.2 Å². The van der Waals surface area contributed by atoms with E-state index in [1.54, 1.807) is 11.4 Å². The minimum Gasteiger partial charge on any atom is -0.384 e. The number of aliphatic hydroxyl groups excluding tert-OH is 1. The smallest absolute Gasteiger partial charge is 0.252 e. The summed E-state index contributed by atoms with van der Waals surface area (Å²) in [5.41, 5.74) is 0.635. The summed E-state index contributed by atoms with van der Waals surface area (Å²) < 4.78 is 0. The van der Waals surface area contributed by atoms with Crippen molar-refractivity contribution in [3.8, 4) is 11.8 Å². The summed E-state index contributed by atoms with van der Waals surface area (Å²) in [5.74, 6) is 7.27. The van der Waals surface area contributed by atoms with Crippen LogP contribution < -0.4 is 5.32 Å². The lowest BCUT2D eigenvalue weighted by Gasteiger charge is -2.12. The first-order chi connectivity index (χ1) is 8.67. The maximum atomic E-state index is 11.9. The molecule has 0 saturated carbocycles. The molecule has 0 spiro atoms. The first-order valence-electron chi connectivity index (χ1n) is 5.74. The predicted molar refractivity (Wildman–Crippen MR) is 78.2 cm³/mol. The molecule has 1 amide bonds. The Balaban J connectivity index is 2.53. The second-order valence-corrected chi connectivity index (χ2v) is 5.92. The first kappa shape index (κ1) is 15.1. The quantitative estimate of drug-likeness (QED) is 0.812. The van der Waals surface area contributed by atoms with Crippen molar-refractivity contribution in [3.05, 3.63) is 21.9 Å². The fourth-order valence-corrected chi connectivity index (χ4v) is 2.72. The maximum Gasteiger partial charge on any atom is 0.252 e. The Hall–Kier alpha value is -0.960. The van der Waals surface area contributed by atoms with Crippen LogP contribution in [0.4, 0.5) is 0 Å². The Morgan fingerprint density at radius 3 is 3.11 bits per heavy atom. The third kappa shape index (κ3) is 5.13. The van der Waals surface area contributed by atoms with Gasteiger partial charge in [-0.2, -0.15) is 11.8 Å². The summed E-state index contributed by atoms with van der Waals surface area (Å²) in [7, 11) is 0. The van der Waals surface area contributed by atoms with Gasteiger partial charge in [0.05, 0.1) is 10.4 Å². The molecular formula is C13H17NO2S2. The van der Waals surface area contributed by atoms with Crippen LogP contribution in [0.5, 0.6) is 0 Å². The number of carbonyl (C=O) groups excluding carboxylic acids is 1. The largest absolute Gasteiger partial charge is 0.384 e. The standard InChI is InChI=1S/C13H17NO2S2/c1-3-17-8-10(2)14-13(16)11-7-12(18-9-11)5-4-6-15/h7,9-10,15H,3,6,8H2,1-2H3,(H,14,16). The summed E-state index contributed by atoms with van der Waals surface area (Å²) in [6.45, 7) is 3.94. The van der Waals surface area contributed by atoms with Gasteiger partial charge in [0.2, 0.25) is 0 Å². The monoisotopic (exact) mass is 283 g/mol. The Morgan fingerprint density at radius 2 is 2.44 bits per heavy atom. The average molecular weight is 283 g/mol. The van der Waals surface area contributed by atoms with Crippen LogP contribution in [0.15, 0.2) is 11.4 Å². The molecule has 0 bridgehead atoms. The molecule has 98 valence electrons. The fraction of sp³-hybridized carbons (Fsp3) is 0.462. The SMILES string of the molecule is CCSCC(C)NC(=O)c1csc(C#CCO)c1. The van der Waals surface area contributed by atoms with Gasteiger partial charge in [0.1, 0.15) is 6.61 Å². The second-order valence-electron chi connectivity index (χ2n) is 3.69. The van der Waals surface area contributed by atoms with Crippen molar-refractivity contribution >= 4 is 29.0 Å². The molecular weight excluding hydrogens is 266 g/mol. The van der Waals surface area contributed by atoms with E-state index in [9.17, 15) is 4.79 Å². The van der Waals surface area contributed by atoms with E-state index in [0.29, 0.717) is 5.56 Å². The molecule has 2 N–H and O–H groups in total. The molecule has 1 atom stereocenters. The lowest BCUT2D eigenvalue weighted by atomic mass is 10.2. The molecule has 0 saturated heterocycles. The number of amides is 1. The summed E-state index contributed by atoms with van der Waals surface area (Å²) >= 11 is 3.22. The highest BCUT2D eigenvalue weighted by molar-refractivity contribution is 7.99. The van der Waals surface area contributed by atoms with Gasteiger partial charge >= 0.3 is 0 Å². The highest BCUT2D eigenvalue weighted by atomic mass is 32.2. The third-order valence-electron chi connectivity index (χ3n) is 2.10. The summed E-state index contributed by atoms with van der Waals surface area (Å²) in [4.78, 5) is 12.7. The molecule has 0 radical (unpaired) electrons. The van der Waals surface area contributed by atoms with E-state index >= 15 is 0 Å². The van der Waals surface area contributed by atoms with E-state index in [1.807, 2.05) is 18.7 Å². The van der Waals surface area contributed by atoms with Crippen molar-refractivity contribution in [2.75, 3.05) is 18.1 Å². The maximum absolute atomic E-state index is 11.9. The number of hydrogen-bond donors (Lipinski definition) is 2. The Kier molecular flexibility index (Phi) is 6.88. The van der Waals surface area contributed by atoms with E-state index in [1.165, 1.54) is 11.3 Å². The van der Waals surface area contributed by atoms with Gasteiger partial charge in [0.15, 0.2) is 0 Å². The number of rotatable bonds is 5. The Morgan fingerprint density at radius 1 is 1.67 bits per heavy atom. The van der Waals surface area contributed by atoms with Crippen molar-refractivity contribution < 1.29 is 9.90 Å². The molecule has 0 aliphatic rings. The normalized spacial score (nSPS) is 11.5. The van der Waals surface area contributed by atoms with Gasteiger partial charge in [-0.1, -0.05) is 18.8 Å². The lowest BCUT2D eigenvalue weighted by molar-refractivity contribution is 0.0944. The highest BCUT2D eigenvalue weighted by Gasteiger charge is 2.11. The number of carbonyl (C=O) groups is 1. The van der Waals surface area contributed by atoms with Crippen LogP contribution in [0.2, 0.25) is 0 Å². The molecule has 18 heavy (non-hydrogen) atoms. The summed E-state index contributed by atoms with van der Waals surface area (Å²) in [5, 5.41) is 13.3. The van der Waals surface area contributed by atoms with Crippen LogP contribution in [0, 0.1) is 11.8 Å². The fourth-order valence-electron chi connectivity index (χ4n) is 1.29. The van der Waals surface area contributed by atoms with Gasteiger partial charge in [-0.25, -0.2) is 0 Å². The van der Waals surface area contributed by atoms with E-state index in [0.717, 1.165) is 16.4 Å². The number of hydrogen-bond acceptors (Lipinski definition) is 4. The molecule has 0 aromatic carbocycles. The molecule has 1 aromatic heterocycles. The van der Waals surface area contributed by atoms with Crippen molar-refractivity contribution in [3.63, 3.8) is 0 Å². The molecule has 1 aromatic rings. The van der Waals surface area contributed by atoms with Crippen molar-refractivity contribution in [1.82, 2.24) is 5.32 Å². The zero-order chi connectivity index (χ0) is 13.4. The molecule has 5 heteroatoms. The van der Waals surface area contributed by atoms with Gasteiger partial charge in [-0.3, -0.25) is 4.79 Å². The van der Waals surface area contributed by atoms with E-state index in [2.05, 4.69) is 24.1 Å². The minimum atomic E-state index is -0.162. The molecule has 0 aliphatic heterocycles. The van der Waals surface area contributed by atoms with Gasteiger partial charge in [-0.05, 0) is 18.7 Å². The van der Waals surface area contributed by atoms with E-state index in [4.69, 9.17) is 5.11 Å². The van der Waals surface area contributed by atoms with E-state index in [-0.39, 0.29) is 18.6 Å². The van der Waals surface area contributed by atoms with Gasteiger partial charge in [0, 0.05) is 17.2 Å². The predicted octanol–water partition coefficient (Wildman–Crippen LogP) is 1.96. The van der Waals surface area contributed by atoms with Crippen LogP contribution >= 0.6 is 23.1 Å². The number of aliphatic hydroxyl groups is 1. The Bertz CT molecular complexity index is 445. The molecule has 0 fully saturated rings. The van der Waals surface area contributed by atoms with Crippen molar-refractivity contribution in [2.45, 2.75) is 19.9 Å². The number of thiophene rings is 1. The van der Waals surface area contributed by atoms with Gasteiger partial charge in [0.25, 0.3) is 5.91 Å². The van der Waals surface area contributed by atoms with Crippen molar-refractivity contribution in [2.24, 2.45) is 0 Å². The average Bonchev–Trinajstić information content (AvgIpc) is 2.82. The summed E-state index contributed by atoms with van der Waals surface area (Å²) in [6, 6.07) is 1.91. The third-order valence-corrected chi connectivity index (χ3v) is 4.09. The lowest BCUT2D eigenvalue weighted by Crippen LogP contribution is -2.34. The van der Waals surface area contributed by atoms with Crippen LogP contribution in [0.1, 0.15) is 29.1 Å². The molecule has 1 rings (SSSR count). The minimum absolute atomic E-state index is 0.0625. The zero-order valence-corrected chi connectivity index (χ0v) is 12.2. The van der Waals surface area contributed by atoms with Crippen LogP contribution in [0.3, 0.4) is 0 Å². The first-order valence-corrected chi connectivity index (χ1v) is 7.77. The van der Waals surface area contributed by atoms with E-state index < -0.39 is 0 Å². The Labute approximate surface area is 116 Å². The van der Waals surface area contributed by atoms with Crippen molar-refractivity contribution in [1.29, 1.82) is 0 Å². The van der Waals surface area contributed by atoms with Gasteiger partial charge in [-0.15, -0.1) is 11.3 Å². The number of nitrogens with one attached hydrogen (secondary N) is 1. The zero-order valence-electron chi connectivity index (χ0n) is 10.5. The molecule has 3 nitrogen and oxygen atoms in total. The summed E-state index contributed by atoms with van der Waals surface area (Å²) in [6.07, 6.45) is 0. The van der Waals surface area contributed by atoms with Crippen LogP contribution in [-0.2, 0) is 0 Å². The second kappa shape index (κ2) is 8.20. The number of thioether (sulfide) groups is 1.